The summed E-state index contributed by atoms with van der Waals surface area (Å²) in [6, 6.07) is 9.70. The van der Waals surface area contributed by atoms with Crippen LogP contribution in [0, 0.1) is 0 Å². The average molecular weight is 248 g/mol. The van der Waals surface area contributed by atoms with E-state index < -0.39 is 6.10 Å². The minimum atomic E-state index is -0.512. The van der Waals surface area contributed by atoms with Crippen LogP contribution in [0.2, 0.25) is 0 Å². The Hall–Kier alpha value is -1.39. The third kappa shape index (κ3) is 2.89. The summed E-state index contributed by atoms with van der Waals surface area (Å²) in [6.45, 7) is 0.820. The van der Waals surface area contributed by atoms with Gasteiger partial charge < -0.3 is 15.7 Å². The Morgan fingerprint density at radius 1 is 1.44 bits per heavy atom. The molecule has 0 spiro atoms. The highest BCUT2D eigenvalue weighted by atomic mass is 16.3. The van der Waals surface area contributed by atoms with Crippen molar-refractivity contribution in [3.63, 3.8) is 0 Å². The highest BCUT2D eigenvalue weighted by molar-refractivity contribution is 5.78. The Balaban J connectivity index is 1.98. The number of nitrogens with two attached hydrogens (primary N) is 1. The third-order valence-corrected chi connectivity index (χ3v) is 3.55. The second-order valence-electron chi connectivity index (χ2n) is 4.75. The Kier molecular flexibility index (Phi) is 4.33. The first-order valence-corrected chi connectivity index (χ1v) is 6.45. The van der Waals surface area contributed by atoms with E-state index in [1.807, 2.05) is 35.2 Å². The lowest BCUT2D eigenvalue weighted by Crippen LogP contribution is -2.40. The second kappa shape index (κ2) is 5.98. The molecular weight excluding hydrogens is 228 g/mol. The van der Waals surface area contributed by atoms with Crippen molar-refractivity contribution in [2.75, 3.05) is 13.1 Å². The van der Waals surface area contributed by atoms with Gasteiger partial charge in [0.05, 0.1) is 12.6 Å². The number of carbonyl (C=O) groups is 1. The molecule has 0 saturated carbocycles. The summed E-state index contributed by atoms with van der Waals surface area (Å²) >= 11 is 0. The Bertz CT molecular complexity index is 394. The molecule has 0 aliphatic carbocycles. The lowest BCUT2D eigenvalue weighted by molar-refractivity contribution is -0.130. The van der Waals surface area contributed by atoms with Crippen LogP contribution in [0.1, 0.15) is 30.9 Å². The molecule has 18 heavy (non-hydrogen) atoms. The Morgan fingerprint density at radius 2 is 2.17 bits per heavy atom. The number of hydrogen-bond acceptors (Lipinski definition) is 3. The van der Waals surface area contributed by atoms with Gasteiger partial charge in [-0.2, -0.15) is 0 Å². The molecular formula is C14H20N2O2. The summed E-state index contributed by atoms with van der Waals surface area (Å²) in [7, 11) is 0. The van der Waals surface area contributed by atoms with Gasteiger partial charge in [-0.3, -0.25) is 4.79 Å². The highest BCUT2D eigenvalue weighted by Crippen LogP contribution is 2.27. The lowest BCUT2D eigenvalue weighted by Gasteiger charge is -2.26. The van der Waals surface area contributed by atoms with Gasteiger partial charge in [0.15, 0.2) is 0 Å². The van der Waals surface area contributed by atoms with Crippen molar-refractivity contribution in [3.05, 3.63) is 35.9 Å². The van der Waals surface area contributed by atoms with E-state index in [0.717, 1.165) is 24.9 Å². The smallest absolute Gasteiger partial charge is 0.236 e. The van der Waals surface area contributed by atoms with Gasteiger partial charge in [0.2, 0.25) is 5.91 Å². The molecule has 0 radical (unpaired) electrons. The summed E-state index contributed by atoms with van der Waals surface area (Å²) in [5, 5.41) is 10.2. The zero-order valence-corrected chi connectivity index (χ0v) is 10.5. The van der Waals surface area contributed by atoms with Crippen LogP contribution in [0.25, 0.3) is 0 Å². The molecule has 1 aromatic rings. The highest BCUT2D eigenvalue weighted by Gasteiger charge is 2.29. The van der Waals surface area contributed by atoms with E-state index in [9.17, 15) is 9.90 Å². The van der Waals surface area contributed by atoms with Crippen molar-refractivity contribution >= 4 is 5.91 Å². The van der Waals surface area contributed by atoms with Crippen LogP contribution in [0.3, 0.4) is 0 Å². The Labute approximate surface area is 107 Å². The Morgan fingerprint density at radius 3 is 2.83 bits per heavy atom. The number of amides is 1. The molecule has 98 valence electrons. The van der Waals surface area contributed by atoms with Gasteiger partial charge in [0.25, 0.3) is 0 Å². The van der Waals surface area contributed by atoms with Crippen molar-refractivity contribution in [2.24, 2.45) is 5.73 Å². The molecule has 4 heteroatoms. The molecule has 2 atom stereocenters. The van der Waals surface area contributed by atoms with Crippen molar-refractivity contribution in [1.82, 2.24) is 4.90 Å². The van der Waals surface area contributed by atoms with Crippen LogP contribution in [0.5, 0.6) is 0 Å². The molecule has 0 aromatic heterocycles. The van der Waals surface area contributed by atoms with Gasteiger partial charge in [-0.05, 0) is 24.8 Å². The standard InChI is InChI=1S/C14H20N2O2/c15-10-14(18)16-8-4-7-12(16)9-13(17)11-5-2-1-3-6-11/h1-3,5-6,12-13,17H,4,7-10,15H2. The van der Waals surface area contributed by atoms with E-state index in [1.165, 1.54) is 0 Å². The van der Waals surface area contributed by atoms with Gasteiger partial charge in [-0.15, -0.1) is 0 Å². The number of benzene rings is 1. The summed E-state index contributed by atoms with van der Waals surface area (Å²) < 4.78 is 0. The van der Waals surface area contributed by atoms with Gasteiger partial charge in [-0.1, -0.05) is 30.3 Å². The summed E-state index contributed by atoms with van der Waals surface area (Å²) in [5.41, 5.74) is 6.31. The van der Waals surface area contributed by atoms with Crippen LogP contribution in [-0.4, -0.2) is 35.0 Å². The molecule has 1 amide bonds. The molecule has 1 heterocycles. The van der Waals surface area contributed by atoms with Gasteiger partial charge in [0, 0.05) is 12.6 Å². The summed E-state index contributed by atoms with van der Waals surface area (Å²) in [5.74, 6) is -0.0160. The maximum atomic E-state index is 11.7. The van der Waals surface area contributed by atoms with E-state index in [1.54, 1.807) is 0 Å². The van der Waals surface area contributed by atoms with Crippen LogP contribution in [0.4, 0.5) is 0 Å². The third-order valence-electron chi connectivity index (χ3n) is 3.55. The molecule has 2 rings (SSSR count). The number of rotatable bonds is 4. The number of hydrogen-bond donors (Lipinski definition) is 2. The number of aliphatic hydroxyl groups is 1. The minimum Gasteiger partial charge on any atom is -0.388 e. The van der Waals surface area contributed by atoms with Crippen molar-refractivity contribution in [2.45, 2.75) is 31.4 Å². The number of aliphatic hydroxyl groups excluding tert-OH is 1. The zero-order chi connectivity index (χ0) is 13.0. The fourth-order valence-corrected chi connectivity index (χ4v) is 2.60. The van der Waals surface area contributed by atoms with Gasteiger partial charge in [0.1, 0.15) is 0 Å². The summed E-state index contributed by atoms with van der Waals surface area (Å²) in [6.07, 6.45) is 2.03. The minimum absolute atomic E-state index is 0.0160. The van der Waals surface area contributed by atoms with Gasteiger partial charge in [-0.25, -0.2) is 0 Å². The van der Waals surface area contributed by atoms with Crippen LogP contribution < -0.4 is 5.73 Å². The first kappa shape index (κ1) is 13.1. The fourth-order valence-electron chi connectivity index (χ4n) is 2.60. The maximum absolute atomic E-state index is 11.7. The first-order chi connectivity index (χ1) is 8.72. The molecule has 0 bridgehead atoms. The van der Waals surface area contributed by atoms with Crippen molar-refractivity contribution in [1.29, 1.82) is 0 Å². The van der Waals surface area contributed by atoms with Crippen LogP contribution in [0.15, 0.2) is 30.3 Å². The van der Waals surface area contributed by atoms with Crippen LogP contribution >= 0.6 is 0 Å². The predicted octanol–water partition coefficient (Wildman–Crippen LogP) is 1.06. The topological polar surface area (TPSA) is 66.6 Å². The monoisotopic (exact) mass is 248 g/mol. The van der Waals surface area contributed by atoms with E-state index >= 15 is 0 Å². The summed E-state index contributed by atoms with van der Waals surface area (Å²) in [4.78, 5) is 13.5. The molecule has 4 nitrogen and oxygen atoms in total. The van der Waals surface area contributed by atoms with Gasteiger partial charge >= 0.3 is 0 Å². The molecule has 2 unspecified atom stereocenters. The van der Waals surface area contributed by atoms with E-state index in [4.69, 9.17) is 5.73 Å². The number of carbonyl (C=O) groups excluding carboxylic acids is 1. The van der Waals surface area contributed by atoms with Crippen molar-refractivity contribution < 1.29 is 9.90 Å². The number of nitrogens with zero attached hydrogens (tertiary/aromatic N) is 1. The molecule has 1 aliphatic rings. The zero-order valence-electron chi connectivity index (χ0n) is 10.5. The van der Waals surface area contributed by atoms with E-state index in [0.29, 0.717) is 6.42 Å². The maximum Gasteiger partial charge on any atom is 0.236 e. The molecule has 1 fully saturated rings. The van der Waals surface area contributed by atoms with E-state index in [-0.39, 0.29) is 18.5 Å². The molecule has 1 saturated heterocycles. The number of likely N-dealkylation sites (tertiary alicyclic amines) is 1. The molecule has 1 aromatic carbocycles. The molecule has 3 N–H and O–H groups in total. The average Bonchev–Trinajstić information content (AvgIpc) is 2.87. The lowest BCUT2D eigenvalue weighted by atomic mass is 10.0. The quantitative estimate of drug-likeness (QED) is 0.837. The SMILES string of the molecule is NCC(=O)N1CCCC1CC(O)c1ccccc1. The molecule has 1 aliphatic heterocycles. The fraction of sp³-hybridized carbons (Fsp3) is 0.500. The van der Waals surface area contributed by atoms with E-state index in [2.05, 4.69) is 0 Å². The second-order valence-corrected chi connectivity index (χ2v) is 4.75. The first-order valence-electron chi connectivity index (χ1n) is 6.45. The largest absolute Gasteiger partial charge is 0.388 e. The van der Waals surface area contributed by atoms with Crippen LogP contribution in [-0.2, 0) is 4.79 Å². The predicted molar refractivity (Wildman–Crippen MR) is 69.8 cm³/mol. The van der Waals surface area contributed by atoms with Crippen molar-refractivity contribution in [3.8, 4) is 0 Å². The normalized spacial score (nSPS) is 21.0.